The first-order valence-electron chi connectivity index (χ1n) is 11.7. The molecule has 0 bridgehead atoms. The van der Waals surface area contributed by atoms with Crippen LogP contribution in [0.1, 0.15) is 34.3 Å². The Labute approximate surface area is 215 Å². The van der Waals surface area contributed by atoms with E-state index in [4.69, 9.17) is 5.11 Å². The van der Waals surface area contributed by atoms with E-state index in [-0.39, 0.29) is 17.7 Å². The summed E-state index contributed by atoms with van der Waals surface area (Å²) >= 11 is 0. The number of amides is 3. The van der Waals surface area contributed by atoms with Crippen LogP contribution >= 0.6 is 0 Å². The van der Waals surface area contributed by atoms with Crippen LogP contribution < -0.4 is 10.6 Å². The molecule has 7 nitrogen and oxygen atoms in total. The average molecular weight is 529 g/mol. The number of nitrogens with one attached hydrogen (secondary N) is 2. The fourth-order valence-corrected chi connectivity index (χ4v) is 4.24. The van der Waals surface area contributed by atoms with Gasteiger partial charge in [-0.15, -0.1) is 0 Å². The maximum absolute atomic E-state index is 13.8. The number of nitrogens with zero attached hydrogens (tertiary/aromatic N) is 1. The van der Waals surface area contributed by atoms with Crippen LogP contribution in [-0.2, 0) is 17.5 Å². The quantitative estimate of drug-likeness (QED) is 0.366. The Balaban J connectivity index is 1.34. The first-order chi connectivity index (χ1) is 18.0. The van der Waals surface area contributed by atoms with E-state index in [1.807, 2.05) is 0 Å². The molecular formula is C27H23F4N3O4. The maximum Gasteiger partial charge on any atom is 0.419 e. The van der Waals surface area contributed by atoms with Gasteiger partial charge in [0.05, 0.1) is 11.1 Å². The van der Waals surface area contributed by atoms with Crippen molar-refractivity contribution in [1.82, 2.24) is 10.2 Å². The van der Waals surface area contributed by atoms with Gasteiger partial charge in [-0.2, -0.15) is 13.2 Å². The van der Waals surface area contributed by atoms with Gasteiger partial charge in [0, 0.05) is 18.8 Å². The first-order valence-corrected chi connectivity index (χ1v) is 11.7. The number of likely N-dealkylation sites (tertiary alicyclic amines) is 1. The van der Waals surface area contributed by atoms with E-state index in [1.54, 1.807) is 36.4 Å². The molecule has 4 rings (SSSR count). The number of hydrogen-bond acceptors (Lipinski definition) is 3. The zero-order valence-electron chi connectivity index (χ0n) is 19.9. The second-order valence-corrected chi connectivity index (χ2v) is 8.77. The lowest BCUT2D eigenvalue weighted by Crippen LogP contribution is -2.47. The molecule has 11 heteroatoms. The highest BCUT2D eigenvalue weighted by molar-refractivity contribution is 5.97. The van der Waals surface area contributed by atoms with Gasteiger partial charge in [-0.05, 0) is 65.9 Å². The minimum absolute atomic E-state index is 0.154. The van der Waals surface area contributed by atoms with Crippen LogP contribution in [0.5, 0.6) is 0 Å². The molecule has 3 N–H and O–H groups in total. The lowest BCUT2D eigenvalue weighted by atomic mass is 10.0. The molecule has 3 amide bonds. The molecule has 3 aromatic carbocycles. The van der Waals surface area contributed by atoms with Gasteiger partial charge >= 0.3 is 18.2 Å². The lowest BCUT2D eigenvalue weighted by Gasteiger charge is -2.24. The molecule has 0 aromatic heterocycles. The van der Waals surface area contributed by atoms with Crippen LogP contribution in [0.3, 0.4) is 0 Å². The number of benzene rings is 3. The first kappa shape index (κ1) is 26.6. The van der Waals surface area contributed by atoms with Crippen molar-refractivity contribution in [2.24, 2.45) is 0 Å². The van der Waals surface area contributed by atoms with Crippen molar-refractivity contribution in [1.29, 1.82) is 0 Å². The number of urea groups is 1. The number of carboxylic acid groups (broad SMARTS) is 1. The summed E-state index contributed by atoms with van der Waals surface area (Å²) in [6.45, 7) is 0.115. The zero-order chi connectivity index (χ0) is 27.4. The van der Waals surface area contributed by atoms with E-state index in [0.717, 1.165) is 23.3 Å². The number of halogens is 4. The van der Waals surface area contributed by atoms with Crippen LogP contribution in [0.2, 0.25) is 0 Å². The molecule has 1 aliphatic rings. The summed E-state index contributed by atoms with van der Waals surface area (Å²) in [5.41, 5.74) is 1.08. The molecule has 0 unspecified atom stereocenters. The molecule has 1 saturated heterocycles. The number of rotatable bonds is 6. The molecule has 0 radical (unpaired) electrons. The maximum atomic E-state index is 13.8. The molecule has 198 valence electrons. The third-order valence-electron chi connectivity index (χ3n) is 6.22. The minimum atomic E-state index is -4.81. The number of carboxylic acids is 1. The molecular weight excluding hydrogens is 506 g/mol. The molecule has 0 aliphatic carbocycles. The molecule has 1 aliphatic heterocycles. The highest BCUT2D eigenvalue weighted by atomic mass is 19.4. The standard InChI is InChI=1S/C27H23F4N3O4/c28-22-14-16(3-12-21(22)27(29,30)31)15-32-26(38)34-13-1-2-23(34)24(35)33-20-10-8-18(9-11-20)17-4-6-19(7-5-17)25(36)37/h3-12,14,23H,1-2,13,15H2,(H,32,38)(H,33,35)(H,36,37)/t23-/m1/s1. The Hall–Kier alpha value is -4.41. The summed E-state index contributed by atoms with van der Waals surface area (Å²) in [6.07, 6.45) is -3.79. The number of carbonyl (C=O) groups excluding carboxylic acids is 2. The fourth-order valence-electron chi connectivity index (χ4n) is 4.24. The van der Waals surface area contributed by atoms with E-state index in [2.05, 4.69) is 10.6 Å². The normalized spacial score (nSPS) is 15.3. The summed E-state index contributed by atoms with van der Waals surface area (Å²) in [5, 5.41) is 14.3. The van der Waals surface area contributed by atoms with Gasteiger partial charge in [-0.1, -0.05) is 30.3 Å². The van der Waals surface area contributed by atoms with Gasteiger partial charge in [0.25, 0.3) is 0 Å². The number of hydrogen-bond donors (Lipinski definition) is 3. The topological polar surface area (TPSA) is 98.7 Å². The predicted molar refractivity (Wildman–Crippen MR) is 131 cm³/mol. The molecule has 1 fully saturated rings. The van der Waals surface area contributed by atoms with Gasteiger partial charge in [-0.3, -0.25) is 4.79 Å². The smallest absolute Gasteiger partial charge is 0.419 e. The molecule has 38 heavy (non-hydrogen) atoms. The van der Waals surface area contributed by atoms with Gasteiger partial charge in [-0.25, -0.2) is 14.0 Å². The molecule has 0 spiro atoms. The van der Waals surface area contributed by atoms with Crippen LogP contribution in [0.25, 0.3) is 11.1 Å². The van der Waals surface area contributed by atoms with Gasteiger partial charge in [0.1, 0.15) is 11.9 Å². The van der Waals surface area contributed by atoms with Crippen molar-refractivity contribution in [3.05, 3.63) is 89.2 Å². The van der Waals surface area contributed by atoms with E-state index in [9.17, 15) is 31.9 Å². The number of aromatic carboxylic acids is 1. The number of alkyl halides is 3. The van der Waals surface area contributed by atoms with E-state index < -0.39 is 41.5 Å². The van der Waals surface area contributed by atoms with Crippen LogP contribution in [0.15, 0.2) is 66.7 Å². The van der Waals surface area contributed by atoms with Crippen molar-refractivity contribution in [3.8, 4) is 11.1 Å². The molecule has 1 heterocycles. The third kappa shape index (κ3) is 6.10. The SMILES string of the molecule is O=C(O)c1ccc(-c2ccc(NC(=O)[C@H]3CCCN3C(=O)NCc3ccc(C(F)(F)F)c(F)c3)cc2)cc1. The van der Waals surface area contributed by atoms with Gasteiger partial charge < -0.3 is 20.6 Å². The summed E-state index contributed by atoms with van der Waals surface area (Å²) in [6, 6.07) is 14.4. The van der Waals surface area contributed by atoms with Crippen molar-refractivity contribution in [3.63, 3.8) is 0 Å². The van der Waals surface area contributed by atoms with Crippen molar-refractivity contribution < 1.29 is 37.1 Å². The Morgan fingerprint density at radius 1 is 0.947 bits per heavy atom. The van der Waals surface area contributed by atoms with E-state index in [0.29, 0.717) is 31.1 Å². The van der Waals surface area contributed by atoms with Gasteiger partial charge in [0.2, 0.25) is 5.91 Å². The largest absolute Gasteiger partial charge is 0.478 e. The summed E-state index contributed by atoms with van der Waals surface area (Å²) in [4.78, 5) is 37.9. The Morgan fingerprint density at radius 2 is 1.58 bits per heavy atom. The fraction of sp³-hybridized carbons (Fsp3) is 0.222. The lowest BCUT2D eigenvalue weighted by molar-refractivity contribution is -0.140. The second-order valence-electron chi connectivity index (χ2n) is 8.77. The second kappa shape index (κ2) is 10.9. The highest BCUT2D eigenvalue weighted by Gasteiger charge is 2.35. The van der Waals surface area contributed by atoms with Crippen LogP contribution in [0, 0.1) is 5.82 Å². The van der Waals surface area contributed by atoms with Crippen LogP contribution in [0.4, 0.5) is 28.0 Å². The van der Waals surface area contributed by atoms with Crippen LogP contribution in [-0.4, -0.2) is 40.5 Å². The Morgan fingerprint density at radius 3 is 2.16 bits per heavy atom. The number of anilines is 1. The number of carbonyl (C=O) groups is 3. The van der Waals surface area contributed by atoms with Gasteiger partial charge in [0.15, 0.2) is 0 Å². The van der Waals surface area contributed by atoms with Crippen molar-refractivity contribution in [2.75, 3.05) is 11.9 Å². The van der Waals surface area contributed by atoms with Crippen molar-refractivity contribution in [2.45, 2.75) is 31.6 Å². The summed E-state index contributed by atoms with van der Waals surface area (Å²) < 4.78 is 52.0. The average Bonchev–Trinajstić information content (AvgIpc) is 3.37. The molecule has 0 saturated carbocycles. The zero-order valence-corrected chi connectivity index (χ0v) is 19.9. The highest BCUT2D eigenvalue weighted by Crippen LogP contribution is 2.31. The Kier molecular flexibility index (Phi) is 7.65. The summed E-state index contributed by atoms with van der Waals surface area (Å²) in [5.74, 6) is -2.83. The van der Waals surface area contributed by atoms with Crippen molar-refractivity contribution >= 4 is 23.6 Å². The molecule has 1 atom stereocenters. The van der Waals surface area contributed by atoms with E-state index in [1.165, 1.54) is 17.0 Å². The van der Waals surface area contributed by atoms with E-state index >= 15 is 0 Å². The Bertz CT molecular complexity index is 1340. The third-order valence-corrected chi connectivity index (χ3v) is 6.22. The monoisotopic (exact) mass is 529 g/mol. The predicted octanol–water partition coefficient (Wildman–Crippen LogP) is 5.52. The molecule has 3 aromatic rings. The minimum Gasteiger partial charge on any atom is -0.478 e. The summed E-state index contributed by atoms with van der Waals surface area (Å²) in [7, 11) is 0.